The average molecular weight is 764 g/mol. The summed E-state index contributed by atoms with van der Waals surface area (Å²) in [5.41, 5.74) is 0. The molecule has 0 heterocycles. The summed E-state index contributed by atoms with van der Waals surface area (Å²) in [7, 11) is -7.65. The molecule has 0 N–H and O–H groups in total. The molecule has 0 atom stereocenters. The third kappa shape index (κ3) is 22.3. The predicted octanol–water partition coefficient (Wildman–Crippen LogP) is 8.95. The Kier molecular flexibility index (Phi) is 29.3. The van der Waals surface area contributed by atoms with Gasteiger partial charge in [-0.15, -0.1) is 0 Å². The second-order valence-electron chi connectivity index (χ2n) is 12.3. The third-order valence-corrected chi connectivity index (χ3v) is 20.6. The fraction of sp³-hybridized carbons (Fsp3) is 1.00. The van der Waals surface area contributed by atoms with Crippen LogP contribution in [-0.4, -0.2) is 71.0 Å². The molecule has 0 unspecified atom stereocenters. The Morgan fingerprint density at radius 1 is 0.400 bits per heavy atom. The summed E-state index contributed by atoms with van der Waals surface area (Å²) in [5.74, 6) is 0.378. The van der Waals surface area contributed by atoms with E-state index in [4.69, 9.17) is 37.2 Å². The summed E-state index contributed by atoms with van der Waals surface area (Å²) in [5, 5.41) is 0. The minimum atomic E-state index is -5.24. The van der Waals surface area contributed by atoms with Crippen LogP contribution in [0.25, 0.3) is 0 Å². The zero-order chi connectivity index (χ0) is 33.9. The second kappa shape index (κ2) is 28.7. The van der Waals surface area contributed by atoms with Crippen molar-refractivity contribution in [2.45, 2.75) is 146 Å². The van der Waals surface area contributed by atoms with Crippen molar-refractivity contribution < 1.29 is 59.2 Å². The van der Waals surface area contributed by atoms with E-state index in [0.717, 1.165) is 77.0 Å². The SMILES string of the molecule is CCCCO[Si](OCCCC)(OCCCC)[O][Zr]([O]CC(C)C)([O]CC(C)C)[O][Si](OCCCC)(OCCCC)OCCCC. The van der Waals surface area contributed by atoms with Gasteiger partial charge in [0.2, 0.25) is 0 Å². The zero-order valence-electron chi connectivity index (χ0n) is 30.9. The first-order chi connectivity index (χ1) is 21.6. The van der Waals surface area contributed by atoms with Crippen molar-refractivity contribution in [1.29, 1.82) is 0 Å². The summed E-state index contributed by atoms with van der Waals surface area (Å²) in [6.07, 6.45) is 10.8. The predicted molar refractivity (Wildman–Crippen MR) is 180 cm³/mol. The Balaban J connectivity index is 7.13. The van der Waals surface area contributed by atoms with E-state index in [1.165, 1.54) is 0 Å². The van der Waals surface area contributed by atoms with Crippen molar-refractivity contribution in [2.24, 2.45) is 11.8 Å². The van der Waals surface area contributed by atoms with Gasteiger partial charge in [0.05, 0.1) is 0 Å². The van der Waals surface area contributed by atoms with Crippen LogP contribution in [0, 0.1) is 11.8 Å². The van der Waals surface area contributed by atoms with Gasteiger partial charge in [-0.05, 0) is 0 Å². The summed E-state index contributed by atoms with van der Waals surface area (Å²) >= 11 is -5.24. The van der Waals surface area contributed by atoms with Crippen LogP contribution in [0.1, 0.15) is 146 Å². The van der Waals surface area contributed by atoms with Crippen LogP contribution in [0.2, 0.25) is 0 Å². The summed E-state index contributed by atoms with van der Waals surface area (Å²) in [4.78, 5) is 0. The fourth-order valence-electron chi connectivity index (χ4n) is 3.50. The molecule has 0 aromatic heterocycles. The van der Waals surface area contributed by atoms with Gasteiger partial charge in [-0.25, -0.2) is 0 Å². The normalized spacial score (nSPS) is 13.1. The van der Waals surface area contributed by atoms with Crippen LogP contribution in [0.5, 0.6) is 0 Å². The Morgan fingerprint density at radius 2 is 0.622 bits per heavy atom. The number of hydrogen-bond donors (Lipinski definition) is 0. The molecule has 0 rings (SSSR count). The molecule has 0 amide bonds. The molecule has 0 aliphatic rings. The molecule has 0 bridgehead atoms. The van der Waals surface area contributed by atoms with Gasteiger partial charge in [0, 0.05) is 0 Å². The van der Waals surface area contributed by atoms with Crippen LogP contribution in [-0.2, 0) is 59.2 Å². The molecule has 272 valence electrons. The molecule has 0 saturated heterocycles. The van der Waals surface area contributed by atoms with Crippen LogP contribution in [0.3, 0.4) is 0 Å². The topological polar surface area (TPSA) is 92.3 Å². The van der Waals surface area contributed by atoms with Gasteiger partial charge in [-0.2, -0.15) is 0 Å². The van der Waals surface area contributed by atoms with Crippen molar-refractivity contribution in [3.63, 3.8) is 0 Å². The van der Waals surface area contributed by atoms with Gasteiger partial charge in [-0.1, -0.05) is 0 Å². The van der Waals surface area contributed by atoms with Crippen molar-refractivity contribution >= 4 is 18.1 Å². The van der Waals surface area contributed by atoms with E-state index in [0.29, 0.717) is 52.9 Å². The molecule has 0 spiro atoms. The summed E-state index contributed by atoms with van der Waals surface area (Å²) < 4.78 is 66.7. The molecule has 0 aliphatic carbocycles. The standard InChI is InChI=1S/2C12H27O4Si.2C4H9O.Zr/c2*1-4-7-10-14-17(13,15-11-8-5-2)16-12-9-6-3;2*1-4(2)3-5;/h2*4-12H2,1-3H3;2*4H,3H2,1-2H3;/q4*-1;+4. The van der Waals surface area contributed by atoms with Crippen LogP contribution in [0.15, 0.2) is 0 Å². The molecule has 0 aromatic rings. The average Bonchev–Trinajstić information content (AvgIpc) is 3.00. The zero-order valence-corrected chi connectivity index (χ0v) is 35.3. The number of unbranched alkanes of at least 4 members (excludes halogenated alkanes) is 6. The molecule has 0 fully saturated rings. The van der Waals surface area contributed by atoms with E-state index < -0.39 is 40.1 Å². The molecule has 13 heteroatoms. The summed E-state index contributed by atoms with van der Waals surface area (Å²) in [6, 6.07) is 0. The molecule has 45 heavy (non-hydrogen) atoms. The second-order valence-corrected chi connectivity index (χ2v) is 23.4. The Bertz CT molecular complexity index is 556. The summed E-state index contributed by atoms with van der Waals surface area (Å²) in [6.45, 7) is 24.5. The molecule has 10 nitrogen and oxygen atoms in total. The van der Waals surface area contributed by atoms with Crippen LogP contribution < -0.4 is 0 Å². The van der Waals surface area contributed by atoms with Crippen molar-refractivity contribution in [2.75, 3.05) is 52.9 Å². The van der Waals surface area contributed by atoms with E-state index >= 15 is 0 Å². The monoisotopic (exact) mass is 762 g/mol. The van der Waals surface area contributed by atoms with Crippen molar-refractivity contribution in [3.05, 3.63) is 0 Å². The first kappa shape index (κ1) is 45.9. The first-order valence-corrected chi connectivity index (χ1v) is 25.4. The molecule has 0 aliphatic heterocycles. The van der Waals surface area contributed by atoms with E-state index in [-0.39, 0.29) is 11.8 Å². The molecule has 0 aromatic carbocycles. The third-order valence-electron chi connectivity index (χ3n) is 6.35. The van der Waals surface area contributed by atoms with Gasteiger partial charge in [0.15, 0.2) is 0 Å². The van der Waals surface area contributed by atoms with E-state index in [1.807, 2.05) is 0 Å². The number of rotatable bonds is 34. The Morgan fingerprint density at radius 3 is 0.800 bits per heavy atom. The van der Waals surface area contributed by atoms with Gasteiger partial charge in [0.25, 0.3) is 0 Å². The molecule has 0 radical (unpaired) electrons. The maximum atomic E-state index is 7.05. The molecular formula is C32H72O10Si2Zr. The van der Waals surface area contributed by atoms with E-state index in [2.05, 4.69) is 69.2 Å². The van der Waals surface area contributed by atoms with Gasteiger partial charge >= 0.3 is 288 Å². The van der Waals surface area contributed by atoms with Gasteiger partial charge in [0.1, 0.15) is 0 Å². The molecule has 0 saturated carbocycles. The fourth-order valence-corrected chi connectivity index (χ4v) is 20.4. The number of hydrogen-bond acceptors (Lipinski definition) is 10. The van der Waals surface area contributed by atoms with Gasteiger partial charge < -0.3 is 0 Å². The Labute approximate surface area is 287 Å². The van der Waals surface area contributed by atoms with E-state index in [9.17, 15) is 0 Å². The van der Waals surface area contributed by atoms with Crippen molar-refractivity contribution in [3.8, 4) is 0 Å². The maximum absolute atomic E-state index is 7.05. The van der Waals surface area contributed by atoms with Crippen LogP contribution in [0.4, 0.5) is 0 Å². The van der Waals surface area contributed by atoms with Gasteiger partial charge in [-0.3, -0.25) is 0 Å². The Hall–Kier alpha value is 0.917. The quantitative estimate of drug-likeness (QED) is 0.0467. The molecular weight excluding hydrogens is 692 g/mol. The minimum absolute atomic E-state index is 0.189. The van der Waals surface area contributed by atoms with Crippen LogP contribution >= 0.6 is 0 Å². The van der Waals surface area contributed by atoms with Crippen molar-refractivity contribution in [1.82, 2.24) is 0 Å². The first-order valence-electron chi connectivity index (χ1n) is 18.1. The van der Waals surface area contributed by atoms with E-state index in [1.54, 1.807) is 0 Å².